The van der Waals surface area contributed by atoms with E-state index in [4.69, 9.17) is 9.15 Å². The van der Waals surface area contributed by atoms with E-state index in [9.17, 15) is 19.7 Å². The first-order valence-electron chi connectivity index (χ1n) is 9.71. The maximum atomic E-state index is 12.4. The van der Waals surface area contributed by atoms with Crippen LogP contribution in [0.2, 0.25) is 0 Å². The number of furan rings is 1. The first kappa shape index (κ1) is 20.6. The van der Waals surface area contributed by atoms with E-state index in [0.717, 1.165) is 19.3 Å². The minimum Gasteiger partial charge on any atom is -0.449 e. The number of carbonyl (C=O) groups excluding carboxylic acids is 2. The fourth-order valence-electron chi connectivity index (χ4n) is 3.45. The Morgan fingerprint density at radius 2 is 1.86 bits per heavy atom. The standard InChI is InChI=1S/C21H24N2O6/c1-13-5-3-4-6-17(13)22-20(24)14(2)28-21(25)19-12-11-18(29-19)15-7-9-16(10-8-15)23(26)27/h7-14,17H,3-6H2,1-2H3,(H,22,24)/t13-,14+,17+/m0/s1. The highest BCUT2D eigenvalue weighted by Gasteiger charge is 2.27. The molecule has 0 radical (unpaired) electrons. The molecule has 0 bridgehead atoms. The summed E-state index contributed by atoms with van der Waals surface area (Å²) in [7, 11) is 0. The third kappa shape index (κ3) is 5.01. The molecule has 1 aromatic carbocycles. The van der Waals surface area contributed by atoms with Crippen LogP contribution in [0.5, 0.6) is 0 Å². The quantitative estimate of drug-likeness (QED) is 0.444. The molecule has 0 unspecified atom stereocenters. The second-order valence-electron chi connectivity index (χ2n) is 7.39. The van der Waals surface area contributed by atoms with Gasteiger partial charge in [0.25, 0.3) is 11.6 Å². The molecule has 1 fully saturated rings. The number of nitro benzene ring substituents is 1. The van der Waals surface area contributed by atoms with Crippen molar-refractivity contribution in [2.75, 3.05) is 0 Å². The Bertz CT molecular complexity index is 889. The van der Waals surface area contributed by atoms with E-state index in [2.05, 4.69) is 12.2 Å². The number of nitro groups is 1. The van der Waals surface area contributed by atoms with Crippen LogP contribution in [0.15, 0.2) is 40.8 Å². The highest BCUT2D eigenvalue weighted by Crippen LogP contribution is 2.26. The number of non-ortho nitro benzene ring substituents is 1. The van der Waals surface area contributed by atoms with Crippen LogP contribution in [-0.4, -0.2) is 28.9 Å². The summed E-state index contributed by atoms with van der Waals surface area (Å²) in [4.78, 5) is 34.9. The van der Waals surface area contributed by atoms with Crippen molar-refractivity contribution in [1.82, 2.24) is 5.32 Å². The van der Waals surface area contributed by atoms with E-state index >= 15 is 0 Å². The summed E-state index contributed by atoms with van der Waals surface area (Å²) in [5, 5.41) is 13.7. The number of nitrogens with one attached hydrogen (secondary N) is 1. The maximum Gasteiger partial charge on any atom is 0.375 e. The van der Waals surface area contributed by atoms with Crippen molar-refractivity contribution in [2.45, 2.75) is 51.7 Å². The van der Waals surface area contributed by atoms with Gasteiger partial charge in [-0.1, -0.05) is 19.8 Å². The molecule has 1 heterocycles. The lowest BCUT2D eigenvalue weighted by Crippen LogP contribution is -2.45. The Balaban J connectivity index is 1.59. The number of ether oxygens (including phenoxy) is 1. The minimum atomic E-state index is -0.940. The Labute approximate surface area is 168 Å². The molecule has 1 aliphatic rings. The number of rotatable bonds is 6. The molecule has 8 heteroatoms. The van der Waals surface area contributed by atoms with Crippen LogP contribution in [0.25, 0.3) is 11.3 Å². The van der Waals surface area contributed by atoms with Crippen LogP contribution in [-0.2, 0) is 9.53 Å². The molecule has 0 saturated heterocycles. The molecule has 0 spiro atoms. The normalized spacial score (nSPS) is 19.9. The molecule has 3 rings (SSSR count). The molecule has 1 N–H and O–H groups in total. The summed E-state index contributed by atoms with van der Waals surface area (Å²) in [5.74, 6) is -0.314. The van der Waals surface area contributed by atoms with Crippen molar-refractivity contribution < 1.29 is 23.7 Å². The number of amides is 1. The molecule has 29 heavy (non-hydrogen) atoms. The molecule has 0 aliphatic heterocycles. The van der Waals surface area contributed by atoms with Gasteiger partial charge in [0.1, 0.15) is 5.76 Å². The number of hydrogen-bond donors (Lipinski definition) is 1. The van der Waals surface area contributed by atoms with Crippen molar-refractivity contribution in [3.05, 3.63) is 52.3 Å². The lowest BCUT2D eigenvalue weighted by atomic mass is 9.86. The Kier molecular flexibility index (Phi) is 6.31. The van der Waals surface area contributed by atoms with Gasteiger partial charge < -0.3 is 14.5 Å². The van der Waals surface area contributed by atoms with E-state index < -0.39 is 17.0 Å². The second kappa shape index (κ2) is 8.89. The van der Waals surface area contributed by atoms with E-state index in [1.165, 1.54) is 43.7 Å². The maximum absolute atomic E-state index is 12.4. The fourth-order valence-corrected chi connectivity index (χ4v) is 3.45. The summed E-state index contributed by atoms with van der Waals surface area (Å²) >= 11 is 0. The van der Waals surface area contributed by atoms with E-state index in [-0.39, 0.29) is 23.4 Å². The van der Waals surface area contributed by atoms with Crippen LogP contribution >= 0.6 is 0 Å². The third-order valence-electron chi connectivity index (χ3n) is 5.26. The van der Waals surface area contributed by atoms with Crippen LogP contribution < -0.4 is 5.32 Å². The SMILES string of the molecule is C[C@@H](OC(=O)c1ccc(-c2ccc([N+](=O)[O-])cc2)o1)C(=O)N[C@@H]1CCCC[C@@H]1C. The van der Waals surface area contributed by atoms with Gasteiger partial charge in [-0.05, 0) is 49.9 Å². The fraction of sp³-hybridized carbons (Fsp3) is 0.429. The first-order valence-corrected chi connectivity index (χ1v) is 9.71. The minimum absolute atomic E-state index is 0.0351. The van der Waals surface area contributed by atoms with Gasteiger partial charge in [0.15, 0.2) is 6.10 Å². The van der Waals surface area contributed by atoms with Gasteiger partial charge in [-0.25, -0.2) is 4.79 Å². The third-order valence-corrected chi connectivity index (χ3v) is 5.26. The summed E-state index contributed by atoms with van der Waals surface area (Å²) in [6, 6.07) is 8.91. The van der Waals surface area contributed by atoms with Crippen molar-refractivity contribution >= 4 is 17.6 Å². The summed E-state index contributed by atoms with van der Waals surface area (Å²) in [5.41, 5.74) is 0.554. The monoisotopic (exact) mass is 400 g/mol. The Morgan fingerprint density at radius 1 is 1.17 bits per heavy atom. The zero-order chi connectivity index (χ0) is 21.0. The lowest BCUT2D eigenvalue weighted by molar-refractivity contribution is -0.384. The molecule has 154 valence electrons. The number of hydrogen-bond acceptors (Lipinski definition) is 6. The predicted octanol–water partition coefficient (Wildman–Crippen LogP) is 4.10. The summed E-state index contributed by atoms with van der Waals surface area (Å²) in [6.07, 6.45) is 3.33. The van der Waals surface area contributed by atoms with Gasteiger partial charge in [-0.15, -0.1) is 0 Å². The van der Waals surface area contributed by atoms with Crippen molar-refractivity contribution in [3.8, 4) is 11.3 Å². The molecule has 1 aliphatic carbocycles. The molecule has 1 saturated carbocycles. The van der Waals surface area contributed by atoms with Gasteiger partial charge in [0, 0.05) is 23.7 Å². The Hall–Kier alpha value is -3.16. The van der Waals surface area contributed by atoms with Gasteiger partial charge in [-0.2, -0.15) is 0 Å². The summed E-state index contributed by atoms with van der Waals surface area (Å²) < 4.78 is 10.7. The van der Waals surface area contributed by atoms with Crippen molar-refractivity contribution in [3.63, 3.8) is 0 Å². The highest BCUT2D eigenvalue weighted by atomic mass is 16.6. The van der Waals surface area contributed by atoms with Gasteiger partial charge >= 0.3 is 5.97 Å². The van der Waals surface area contributed by atoms with E-state index in [1.54, 1.807) is 6.07 Å². The van der Waals surface area contributed by atoms with E-state index in [0.29, 0.717) is 17.2 Å². The highest BCUT2D eigenvalue weighted by molar-refractivity contribution is 5.90. The van der Waals surface area contributed by atoms with Gasteiger partial charge in [0.2, 0.25) is 5.76 Å². The Morgan fingerprint density at radius 3 is 2.52 bits per heavy atom. The predicted molar refractivity (Wildman–Crippen MR) is 105 cm³/mol. The van der Waals surface area contributed by atoms with Crippen LogP contribution in [0.1, 0.15) is 50.1 Å². The molecule has 3 atom stereocenters. The smallest absolute Gasteiger partial charge is 0.375 e. The second-order valence-corrected chi connectivity index (χ2v) is 7.39. The van der Waals surface area contributed by atoms with Crippen molar-refractivity contribution in [2.24, 2.45) is 5.92 Å². The number of benzene rings is 1. The largest absolute Gasteiger partial charge is 0.449 e. The van der Waals surface area contributed by atoms with Gasteiger partial charge in [-0.3, -0.25) is 14.9 Å². The molecular formula is C21H24N2O6. The topological polar surface area (TPSA) is 112 Å². The molecule has 8 nitrogen and oxygen atoms in total. The van der Waals surface area contributed by atoms with Crippen molar-refractivity contribution in [1.29, 1.82) is 0 Å². The van der Waals surface area contributed by atoms with Crippen LogP contribution in [0.4, 0.5) is 5.69 Å². The average Bonchev–Trinajstić information content (AvgIpc) is 3.20. The molecular weight excluding hydrogens is 376 g/mol. The van der Waals surface area contributed by atoms with E-state index in [1.807, 2.05) is 0 Å². The van der Waals surface area contributed by atoms with Crippen LogP contribution in [0.3, 0.4) is 0 Å². The molecule has 2 aromatic rings. The van der Waals surface area contributed by atoms with Crippen LogP contribution in [0, 0.1) is 16.0 Å². The summed E-state index contributed by atoms with van der Waals surface area (Å²) in [6.45, 7) is 3.64. The number of carbonyl (C=O) groups is 2. The number of nitrogens with zero attached hydrogens (tertiary/aromatic N) is 1. The molecule has 1 amide bonds. The molecule has 1 aromatic heterocycles. The zero-order valence-corrected chi connectivity index (χ0v) is 16.4. The first-order chi connectivity index (χ1) is 13.8. The number of esters is 1. The van der Waals surface area contributed by atoms with Gasteiger partial charge in [0.05, 0.1) is 4.92 Å². The average molecular weight is 400 g/mol. The lowest BCUT2D eigenvalue weighted by Gasteiger charge is -2.30. The zero-order valence-electron chi connectivity index (χ0n) is 16.4.